The van der Waals surface area contributed by atoms with E-state index in [0.717, 1.165) is 18.0 Å². The third kappa shape index (κ3) is 1.44. The summed E-state index contributed by atoms with van der Waals surface area (Å²) in [7, 11) is -3.29. The lowest BCUT2D eigenvalue weighted by Crippen LogP contribution is -1.97. The average Bonchev–Trinajstić information content (AvgIpc) is 2.11. The smallest absolute Gasteiger partial charge is 0.207 e. The van der Waals surface area contributed by atoms with Gasteiger partial charge in [-0.15, -0.1) is 0 Å². The first-order valence-corrected chi connectivity index (χ1v) is 5.20. The van der Waals surface area contributed by atoms with Crippen LogP contribution in [0.4, 0.5) is 0 Å². The number of hydrogen-bond donors (Lipinski definition) is 0. The Labute approximate surface area is 67.1 Å². The van der Waals surface area contributed by atoms with Gasteiger partial charge >= 0.3 is 0 Å². The van der Waals surface area contributed by atoms with Crippen molar-refractivity contribution < 1.29 is 8.42 Å². The molecule has 0 unspecified atom stereocenters. The molecule has 0 spiro atoms. The lowest BCUT2D eigenvalue weighted by molar-refractivity contribution is 0.599. The van der Waals surface area contributed by atoms with E-state index < -0.39 is 9.84 Å². The molecule has 7 heteroatoms. The fourth-order valence-electron chi connectivity index (χ4n) is 0.391. The number of sulfone groups is 1. The molecule has 0 atom stereocenters. The molecule has 0 aliphatic carbocycles. The molecule has 0 amide bonds. The Balaban J connectivity index is 3.32. The molecular formula is C3H3ClN2O2S2. The quantitative estimate of drug-likeness (QED) is 0.663. The SMILES string of the molecule is CS(=O)(=O)c1nsnc1Cl. The van der Waals surface area contributed by atoms with Gasteiger partial charge < -0.3 is 0 Å². The standard InChI is InChI=1S/C3H3ClN2O2S2/c1-10(7,8)3-2(4)5-9-6-3/h1H3. The Kier molecular flexibility index (Phi) is 1.93. The van der Waals surface area contributed by atoms with Crippen LogP contribution in [0, 0.1) is 0 Å². The van der Waals surface area contributed by atoms with Crippen molar-refractivity contribution in [3.63, 3.8) is 0 Å². The van der Waals surface area contributed by atoms with E-state index in [0.29, 0.717) is 0 Å². The highest BCUT2D eigenvalue weighted by molar-refractivity contribution is 7.90. The summed E-state index contributed by atoms with van der Waals surface area (Å²) in [6.45, 7) is 0. The molecule has 10 heavy (non-hydrogen) atoms. The molecule has 0 N–H and O–H groups in total. The van der Waals surface area contributed by atoms with Crippen LogP contribution in [0.15, 0.2) is 5.03 Å². The van der Waals surface area contributed by atoms with Crippen molar-refractivity contribution in [1.29, 1.82) is 0 Å². The fourth-order valence-corrected chi connectivity index (χ4v) is 2.41. The van der Waals surface area contributed by atoms with E-state index in [-0.39, 0.29) is 10.2 Å². The molecular weight excluding hydrogens is 196 g/mol. The number of hydrogen-bond acceptors (Lipinski definition) is 5. The van der Waals surface area contributed by atoms with Crippen LogP contribution in [-0.4, -0.2) is 23.4 Å². The molecule has 0 saturated carbocycles. The van der Waals surface area contributed by atoms with E-state index in [1.54, 1.807) is 0 Å². The van der Waals surface area contributed by atoms with E-state index in [2.05, 4.69) is 8.75 Å². The zero-order chi connectivity index (χ0) is 7.78. The van der Waals surface area contributed by atoms with Crippen molar-refractivity contribution in [2.24, 2.45) is 0 Å². The highest BCUT2D eigenvalue weighted by Crippen LogP contribution is 2.16. The number of halogens is 1. The van der Waals surface area contributed by atoms with Crippen LogP contribution in [0.2, 0.25) is 5.15 Å². The van der Waals surface area contributed by atoms with Gasteiger partial charge in [0.1, 0.15) is 0 Å². The Morgan fingerprint density at radius 3 is 2.30 bits per heavy atom. The lowest BCUT2D eigenvalue weighted by Gasteiger charge is -1.87. The number of rotatable bonds is 1. The van der Waals surface area contributed by atoms with Gasteiger partial charge in [0.25, 0.3) is 0 Å². The largest absolute Gasteiger partial charge is 0.222 e. The van der Waals surface area contributed by atoms with Gasteiger partial charge in [-0.05, 0) is 0 Å². The van der Waals surface area contributed by atoms with Crippen LogP contribution in [0.5, 0.6) is 0 Å². The summed E-state index contributed by atoms with van der Waals surface area (Å²) in [4.78, 5) is 0. The topological polar surface area (TPSA) is 59.9 Å². The first kappa shape index (κ1) is 7.90. The third-order valence-corrected chi connectivity index (χ3v) is 2.88. The zero-order valence-corrected chi connectivity index (χ0v) is 7.29. The van der Waals surface area contributed by atoms with Crippen LogP contribution >= 0.6 is 23.3 Å². The van der Waals surface area contributed by atoms with Crippen LogP contribution < -0.4 is 0 Å². The van der Waals surface area contributed by atoms with Crippen LogP contribution in [-0.2, 0) is 9.84 Å². The second kappa shape index (κ2) is 2.44. The van der Waals surface area contributed by atoms with E-state index in [4.69, 9.17) is 11.6 Å². The first-order valence-electron chi connectivity index (χ1n) is 2.20. The van der Waals surface area contributed by atoms with Crippen LogP contribution in [0.25, 0.3) is 0 Å². The van der Waals surface area contributed by atoms with Gasteiger partial charge in [-0.3, -0.25) is 0 Å². The van der Waals surface area contributed by atoms with Gasteiger partial charge in [0.05, 0.1) is 11.7 Å². The minimum absolute atomic E-state index is 0.0486. The third-order valence-electron chi connectivity index (χ3n) is 0.772. The molecule has 1 aromatic heterocycles. The minimum atomic E-state index is -3.29. The van der Waals surface area contributed by atoms with Gasteiger partial charge in [0, 0.05) is 6.26 Å². The summed E-state index contributed by atoms with van der Waals surface area (Å²) in [5.41, 5.74) is 0. The van der Waals surface area contributed by atoms with Crippen LogP contribution in [0.1, 0.15) is 0 Å². The summed E-state index contributed by atoms with van der Waals surface area (Å²) in [6.07, 6.45) is 1.04. The predicted molar refractivity (Wildman–Crippen MR) is 38.0 cm³/mol. The molecule has 0 aromatic carbocycles. The lowest BCUT2D eigenvalue weighted by atomic mass is 10.9. The van der Waals surface area contributed by atoms with Crippen molar-refractivity contribution in [3.8, 4) is 0 Å². The molecule has 1 rings (SSSR count). The van der Waals surface area contributed by atoms with E-state index in [1.165, 1.54) is 0 Å². The zero-order valence-electron chi connectivity index (χ0n) is 4.91. The molecule has 1 aromatic rings. The van der Waals surface area contributed by atoms with E-state index in [9.17, 15) is 8.42 Å². The number of aromatic nitrogens is 2. The first-order chi connectivity index (χ1) is 4.52. The summed E-state index contributed by atoms with van der Waals surface area (Å²) in [5, 5.41) is -0.188. The van der Waals surface area contributed by atoms with Crippen molar-refractivity contribution in [1.82, 2.24) is 8.75 Å². The van der Waals surface area contributed by atoms with Crippen molar-refractivity contribution >= 4 is 33.2 Å². The van der Waals surface area contributed by atoms with Gasteiger partial charge in [-0.2, -0.15) is 8.75 Å². The maximum Gasteiger partial charge on any atom is 0.207 e. The summed E-state index contributed by atoms with van der Waals surface area (Å²) < 4.78 is 28.5. The van der Waals surface area contributed by atoms with E-state index in [1.807, 2.05) is 0 Å². The minimum Gasteiger partial charge on any atom is -0.222 e. The maximum atomic E-state index is 10.7. The molecule has 1 heterocycles. The molecule has 0 aliphatic heterocycles. The molecule has 56 valence electrons. The van der Waals surface area contributed by atoms with Gasteiger partial charge in [0.2, 0.25) is 5.03 Å². The van der Waals surface area contributed by atoms with Gasteiger partial charge in [-0.25, -0.2) is 8.42 Å². The molecule has 4 nitrogen and oxygen atoms in total. The Morgan fingerprint density at radius 2 is 2.10 bits per heavy atom. The Hall–Kier alpha value is -0.200. The second-order valence-corrected chi connectivity index (χ2v) is 4.45. The van der Waals surface area contributed by atoms with E-state index >= 15 is 0 Å². The number of nitrogens with zero attached hydrogens (tertiary/aromatic N) is 2. The molecule has 0 saturated heterocycles. The van der Waals surface area contributed by atoms with Gasteiger partial charge in [-0.1, -0.05) is 11.6 Å². The van der Waals surface area contributed by atoms with Crippen molar-refractivity contribution in [2.45, 2.75) is 5.03 Å². The van der Waals surface area contributed by atoms with Crippen LogP contribution in [0.3, 0.4) is 0 Å². The highest BCUT2D eigenvalue weighted by Gasteiger charge is 2.15. The molecule has 0 fully saturated rings. The highest BCUT2D eigenvalue weighted by atomic mass is 35.5. The summed E-state index contributed by atoms with van der Waals surface area (Å²) in [6, 6.07) is 0. The Bertz CT molecular complexity index is 330. The monoisotopic (exact) mass is 198 g/mol. The molecule has 0 radical (unpaired) electrons. The fraction of sp³-hybridized carbons (Fsp3) is 0.333. The summed E-state index contributed by atoms with van der Waals surface area (Å²) in [5.74, 6) is 0. The molecule has 0 bridgehead atoms. The predicted octanol–water partition coefficient (Wildman–Crippen LogP) is 0.595. The second-order valence-electron chi connectivity index (χ2n) is 1.63. The normalized spacial score (nSPS) is 11.8. The van der Waals surface area contributed by atoms with Crippen molar-refractivity contribution in [3.05, 3.63) is 5.15 Å². The van der Waals surface area contributed by atoms with Gasteiger partial charge in [0.15, 0.2) is 15.0 Å². The summed E-state index contributed by atoms with van der Waals surface area (Å²) >= 11 is 6.16. The maximum absolute atomic E-state index is 10.7. The van der Waals surface area contributed by atoms with Crippen molar-refractivity contribution in [2.75, 3.05) is 6.26 Å². The average molecular weight is 199 g/mol. The molecule has 0 aliphatic rings. The Morgan fingerprint density at radius 1 is 1.50 bits per heavy atom.